The Morgan fingerprint density at radius 3 is 2.56 bits per heavy atom. The maximum atomic E-state index is 15.7. The Morgan fingerprint density at radius 2 is 1.95 bits per heavy atom. The maximum absolute atomic E-state index is 15.7. The number of nitriles is 1. The molecule has 0 aromatic heterocycles. The quantitative estimate of drug-likeness (QED) is 0.256. The number of amides is 3. The second kappa shape index (κ2) is 14.8. The Balaban J connectivity index is 1.80. The number of halogens is 3. The highest BCUT2D eigenvalue weighted by Crippen LogP contribution is 2.43. The van der Waals surface area contributed by atoms with E-state index >= 15 is 8.78 Å². The highest BCUT2D eigenvalue weighted by Gasteiger charge is 2.46. The number of carbonyl (C=O) groups is 3. The van der Waals surface area contributed by atoms with E-state index in [-0.39, 0.29) is 29.3 Å². The number of unbranched alkanes of at least 4 members (excludes halogenated alkanes) is 1. The Kier molecular flexibility index (Phi) is 11.4. The zero-order valence-electron chi connectivity index (χ0n) is 22.5. The van der Waals surface area contributed by atoms with Crippen molar-refractivity contribution < 1.29 is 33.0 Å². The Bertz CT molecular complexity index is 1240. The Hall–Kier alpha value is -3.75. The van der Waals surface area contributed by atoms with Crippen molar-refractivity contribution in [2.24, 2.45) is 5.92 Å². The fraction of sp³-hybridized carbons (Fsp3) is 0.448. The molecule has 12 heteroatoms. The van der Waals surface area contributed by atoms with Crippen molar-refractivity contribution in [1.29, 1.82) is 5.26 Å². The summed E-state index contributed by atoms with van der Waals surface area (Å²) in [6.07, 6.45) is -3.13. The minimum Gasteiger partial charge on any atom is -0.434 e. The number of alkyl carbamates (subject to hydrolysis) is 1. The van der Waals surface area contributed by atoms with Crippen molar-refractivity contribution in [2.75, 3.05) is 6.54 Å². The van der Waals surface area contributed by atoms with Crippen molar-refractivity contribution in [2.45, 2.75) is 69.2 Å². The van der Waals surface area contributed by atoms with Crippen LogP contribution in [0, 0.1) is 17.2 Å². The van der Waals surface area contributed by atoms with E-state index in [9.17, 15) is 24.8 Å². The van der Waals surface area contributed by atoms with Crippen molar-refractivity contribution in [3.63, 3.8) is 0 Å². The predicted molar refractivity (Wildman–Crippen MR) is 147 cm³/mol. The summed E-state index contributed by atoms with van der Waals surface area (Å²) in [4.78, 5) is 38.3. The summed E-state index contributed by atoms with van der Waals surface area (Å²) in [7, 11) is 0. The van der Waals surface area contributed by atoms with E-state index in [2.05, 4.69) is 16.0 Å². The van der Waals surface area contributed by atoms with Gasteiger partial charge < -0.3 is 25.8 Å². The first-order valence-corrected chi connectivity index (χ1v) is 13.8. The minimum atomic E-state index is -3.69. The molecule has 9 nitrogen and oxygen atoms in total. The first-order valence-electron chi connectivity index (χ1n) is 13.4. The van der Waals surface area contributed by atoms with Gasteiger partial charge in [0.25, 0.3) is 0 Å². The molecule has 41 heavy (non-hydrogen) atoms. The lowest BCUT2D eigenvalue weighted by atomic mass is 9.95. The molecule has 1 aliphatic rings. The van der Waals surface area contributed by atoms with Crippen LogP contribution in [0.4, 0.5) is 13.6 Å². The fourth-order valence-corrected chi connectivity index (χ4v) is 4.79. The van der Waals surface area contributed by atoms with Crippen molar-refractivity contribution in [1.82, 2.24) is 16.0 Å². The van der Waals surface area contributed by atoms with Gasteiger partial charge in [0.05, 0.1) is 12.1 Å². The fourth-order valence-electron chi connectivity index (χ4n) is 4.60. The zero-order valence-corrected chi connectivity index (χ0v) is 23.2. The molecule has 5 atom stereocenters. The molecule has 0 radical (unpaired) electrons. The van der Waals surface area contributed by atoms with E-state index in [1.165, 1.54) is 42.5 Å². The van der Waals surface area contributed by atoms with Gasteiger partial charge in [-0.3, -0.25) is 9.59 Å². The molecule has 2 unspecified atom stereocenters. The molecule has 220 valence electrons. The second-order valence-electron chi connectivity index (χ2n) is 9.87. The van der Waals surface area contributed by atoms with E-state index < -0.39 is 53.7 Å². The van der Waals surface area contributed by atoms with Gasteiger partial charge in [-0.1, -0.05) is 73.8 Å². The molecule has 0 aliphatic carbocycles. The van der Waals surface area contributed by atoms with Crippen molar-refractivity contribution >= 4 is 29.5 Å². The summed E-state index contributed by atoms with van der Waals surface area (Å²) in [6, 6.07) is 11.9. The van der Waals surface area contributed by atoms with Gasteiger partial charge in [-0.25, -0.2) is 4.79 Å². The molecule has 3 amide bonds. The summed E-state index contributed by atoms with van der Waals surface area (Å²) in [5.41, 5.74) is -0.439. The number of carbonyl (C=O) groups excluding carboxylic acids is 3. The second-order valence-corrected chi connectivity index (χ2v) is 10.3. The molecule has 1 heterocycles. The number of alkyl halides is 2. The number of aliphatic hydroxyl groups is 1. The average Bonchev–Trinajstić information content (AvgIpc) is 3.37. The summed E-state index contributed by atoms with van der Waals surface area (Å²) in [6.45, 7) is 2.31. The van der Waals surface area contributed by atoms with E-state index in [1.807, 2.05) is 6.92 Å². The highest BCUT2D eigenvalue weighted by atomic mass is 35.5. The molecule has 2 aromatic rings. The highest BCUT2D eigenvalue weighted by molar-refractivity contribution is 6.30. The van der Waals surface area contributed by atoms with Gasteiger partial charge in [-0.05, 0) is 37.0 Å². The molecule has 0 spiro atoms. The molecule has 1 aliphatic heterocycles. The van der Waals surface area contributed by atoms with E-state index in [0.717, 1.165) is 6.07 Å². The molecular formula is C29H33ClF2N4O5. The number of nitrogens with zero attached hydrogens (tertiary/aromatic N) is 1. The number of hydrogen-bond acceptors (Lipinski definition) is 6. The third kappa shape index (κ3) is 8.62. The molecule has 3 rings (SSSR count). The lowest BCUT2D eigenvalue weighted by molar-refractivity contribution is -0.128. The molecule has 0 saturated carbocycles. The number of rotatable bonds is 13. The van der Waals surface area contributed by atoms with E-state index in [0.29, 0.717) is 25.8 Å². The topological polar surface area (TPSA) is 141 Å². The smallest absolute Gasteiger partial charge is 0.408 e. The minimum absolute atomic E-state index is 0.0131. The van der Waals surface area contributed by atoms with Crippen molar-refractivity contribution in [3.05, 3.63) is 70.7 Å². The van der Waals surface area contributed by atoms with Crippen LogP contribution in [-0.2, 0) is 20.2 Å². The summed E-state index contributed by atoms with van der Waals surface area (Å²) in [5.74, 6) is -5.18. The maximum Gasteiger partial charge on any atom is 0.408 e. The van der Waals surface area contributed by atoms with Crippen molar-refractivity contribution in [3.8, 4) is 6.07 Å². The first-order chi connectivity index (χ1) is 19.6. The predicted octanol–water partition coefficient (Wildman–Crippen LogP) is 4.35. The number of nitrogens with one attached hydrogen (secondary N) is 3. The summed E-state index contributed by atoms with van der Waals surface area (Å²) < 4.78 is 36.7. The zero-order chi connectivity index (χ0) is 30.0. The first kappa shape index (κ1) is 31.8. The van der Waals surface area contributed by atoms with Gasteiger partial charge in [0.2, 0.25) is 11.8 Å². The van der Waals surface area contributed by atoms with Gasteiger partial charge in [0.15, 0.2) is 12.2 Å². The van der Waals surface area contributed by atoms with Crippen LogP contribution in [0.1, 0.15) is 56.3 Å². The van der Waals surface area contributed by atoms with Gasteiger partial charge in [0.1, 0.15) is 6.04 Å². The van der Waals surface area contributed by atoms with Gasteiger partial charge in [-0.15, -0.1) is 0 Å². The molecular weight excluding hydrogens is 558 g/mol. The standard InChI is InChI=1S/C29H33ClF2N4O5/c1-2-3-12-22(27(39)35-23(24(37)17-33)15-19-13-14-34-26(19)38)36-28(40)41-25(18-8-5-4-6-9-18)29(31,32)20-10-7-11-21(30)16-20/h4-11,16,19,22-25,37H,2-3,12-15H2,1H3,(H,34,38)(H,35,39)(H,36,40)/t19-,22-,23-,24?,25?/m0/s1. The monoisotopic (exact) mass is 590 g/mol. The third-order valence-electron chi connectivity index (χ3n) is 6.86. The van der Waals surface area contributed by atoms with Crippen LogP contribution in [0.15, 0.2) is 54.6 Å². The van der Waals surface area contributed by atoms with Crippen LogP contribution in [0.2, 0.25) is 5.02 Å². The van der Waals surface area contributed by atoms with E-state index in [1.54, 1.807) is 12.1 Å². The summed E-state index contributed by atoms with van der Waals surface area (Å²) >= 11 is 5.94. The molecule has 4 N–H and O–H groups in total. The van der Waals surface area contributed by atoms with Gasteiger partial charge in [0, 0.05) is 23.0 Å². The van der Waals surface area contributed by atoms with Crippen LogP contribution in [0.25, 0.3) is 0 Å². The lowest BCUT2D eigenvalue weighted by Gasteiger charge is -2.29. The Labute approximate surface area is 242 Å². The number of aliphatic hydroxyl groups excluding tert-OH is 1. The van der Waals surface area contributed by atoms with Gasteiger partial charge >= 0.3 is 12.0 Å². The molecule has 1 fully saturated rings. The summed E-state index contributed by atoms with van der Waals surface area (Å²) in [5, 5.41) is 27.1. The van der Waals surface area contributed by atoms with Crippen LogP contribution in [0.5, 0.6) is 0 Å². The largest absolute Gasteiger partial charge is 0.434 e. The van der Waals surface area contributed by atoms with Crippen LogP contribution in [-0.4, -0.2) is 47.7 Å². The van der Waals surface area contributed by atoms with Crippen LogP contribution >= 0.6 is 11.6 Å². The SMILES string of the molecule is CCCC[C@H](NC(=O)OC(c1ccccc1)C(F)(F)c1cccc(Cl)c1)C(=O)N[C@@H](C[C@@H]1CCNC1=O)C(O)C#N. The molecule has 1 saturated heterocycles. The molecule has 0 bridgehead atoms. The average molecular weight is 591 g/mol. The third-order valence-corrected chi connectivity index (χ3v) is 7.10. The van der Waals surface area contributed by atoms with Crippen LogP contribution in [0.3, 0.4) is 0 Å². The van der Waals surface area contributed by atoms with E-state index in [4.69, 9.17) is 16.3 Å². The number of benzene rings is 2. The van der Waals surface area contributed by atoms with Gasteiger partial charge in [-0.2, -0.15) is 14.0 Å². The Morgan fingerprint density at radius 1 is 1.22 bits per heavy atom. The molecule has 2 aromatic carbocycles. The normalized spacial score (nSPS) is 17.9. The number of hydrogen-bond donors (Lipinski definition) is 4. The lowest BCUT2D eigenvalue weighted by Crippen LogP contribution is -2.53. The van der Waals surface area contributed by atoms with Crippen LogP contribution < -0.4 is 16.0 Å². The number of ether oxygens (including phenoxy) is 1.